The molecule has 1 aromatic heterocycles. The number of piperazine rings is 1. The lowest BCUT2D eigenvalue weighted by atomic mass is 10.2. The third-order valence-corrected chi connectivity index (χ3v) is 6.34. The molecule has 3 aromatic rings. The maximum Gasteiger partial charge on any atom is 0.277 e. The van der Waals surface area contributed by atoms with Gasteiger partial charge in [-0.05, 0) is 24.3 Å². The molecule has 1 aliphatic heterocycles. The number of fused-ring (bicyclic) bond motifs is 1. The number of quaternary nitrogens is 1. The lowest BCUT2D eigenvalue weighted by Crippen LogP contribution is -3.15. The van der Waals surface area contributed by atoms with Gasteiger partial charge in [-0.3, -0.25) is 9.59 Å². The fraction of sp³-hybridized carbons (Fsp3) is 0.318. The first-order chi connectivity index (χ1) is 14.1. The number of rotatable bonds is 5. The van der Waals surface area contributed by atoms with Crippen molar-refractivity contribution in [2.75, 3.05) is 39.8 Å². The van der Waals surface area contributed by atoms with Gasteiger partial charge in [0.05, 0.1) is 42.9 Å². The fourth-order valence-electron chi connectivity index (χ4n) is 3.59. The predicted octanol–water partition coefficient (Wildman–Crippen LogP) is 1.30. The van der Waals surface area contributed by atoms with Crippen LogP contribution in [-0.2, 0) is 11.3 Å². The van der Waals surface area contributed by atoms with E-state index >= 15 is 0 Å². The van der Waals surface area contributed by atoms with Gasteiger partial charge in [-0.15, -0.1) is 11.3 Å². The minimum absolute atomic E-state index is 0.0731. The van der Waals surface area contributed by atoms with Crippen molar-refractivity contribution in [1.29, 1.82) is 0 Å². The summed E-state index contributed by atoms with van der Waals surface area (Å²) in [5.41, 5.74) is 1.71. The summed E-state index contributed by atoms with van der Waals surface area (Å²) in [4.78, 5) is 34.7. The molecular weight excluding hydrogens is 384 g/mol. The molecule has 1 fully saturated rings. The number of amides is 2. The Bertz CT molecular complexity index is 963. The largest absolute Gasteiger partial charge is 0.334 e. The van der Waals surface area contributed by atoms with E-state index in [9.17, 15) is 9.59 Å². The molecule has 0 atom stereocenters. The Labute approximate surface area is 174 Å². The minimum atomic E-state index is 0.0731. The number of para-hydroxylation sites is 1. The minimum Gasteiger partial charge on any atom is -0.334 e. The monoisotopic (exact) mass is 409 g/mol. The van der Waals surface area contributed by atoms with Crippen LogP contribution in [-0.4, -0.2) is 66.4 Å². The number of nitrogens with one attached hydrogen (secondary N) is 1. The predicted molar refractivity (Wildman–Crippen MR) is 114 cm³/mol. The van der Waals surface area contributed by atoms with Gasteiger partial charge in [0.2, 0.25) is 0 Å². The SMILES string of the molecule is CN(Cc1nc2ccccc2s1)C(=O)C[NH+]1CCN(C(=O)c2ccccc2)CC1. The summed E-state index contributed by atoms with van der Waals surface area (Å²) in [6.07, 6.45) is 0. The van der Waals surface area contributed by atoms with Crippen molar-refractivity contribution in [3.05, 3.63) is 65.2 Å². The molecule has 2 heterocycles. The van der Waals surface area contributed by atoms with Crippen LogP contribution in [0.3, 0.4) is 0 Å². The van der Waals surface area contributed by atoms with Crippen LogP contribution in [0.25, 0.3) is 10.2 Å². The van der Waals surface area contributed by atoms with E-state index in [0.717, 1.165) is 33.9 Å². The average molecular weight is 410 g/mol. The highest BCUT2D eigenvalue weighted by atomic mass is 32.1. The second-order valence-electron chi connectivity index (χ2n) is 7.41. The third-order valence-electron chi connectivity index (χ3n) is 5.32. The third kappa shape index (κ3) is 4.63. The molecule has 2 aromatic carbocycles. The first-order valence-electron chi connectivity index (χ1n) is 9.86. The molecule has 0 aliphatic carbocycles. The number of thiazole rings is 1. The van der Waals surface area contributed by atoms with Crippen LogP contribution >= 0.6 is 11.3 Å². The van der Waals surface area contributed by atoms with E-state index in [1.54, 1.807) is 16.2 Å². The average Bonchev–Trinajstić information content (AvgIpc) is 3.16. The lowest BCUT2D eigenvalue weighted by molar-refractivity contribution is -0.896. The summed E-state index contributed by atoms with van der Waals surface area (Å²) in [5.74, 6) is 0.186. The van der Waals surface area contributed by atoms with Gasteiger partial charge >= 0.3 is 0 Å². The van der Waals surface area contributed by atoms with Gasteiger partial charge in [0.25, 0.3) is 11.8 Å². The van der Waals surface area contributed by atoms with Crippen LogP contribution in [0, 0.1) is 0 Å². The first-order valence-corrected chi connectivity index (χ1v) is 10.7. The summed E-state index contributed by atoms with van der Waals surface area (Å²) in [6, 6.07) is 17.4. The highest BCUT2D eigenvalue weighted by molar-refractivity contribution is 7.18. The fourth-order valence-corrected chi connectivity index (χ4v) is 4.61. The second-order valence-corrected chi connectivity index (χ2v) is 8.53. The lowest BCUT2D eigenvalue weighted by Gasteiger charge is -2.32. The van der Waals surface area contributed by atoms with Gasteiger partial charge in [-0.1, -0.05) is 30.3 Å². The van der Waals surface area contributed by atoms with E-state index in [1.165, 1.54) is 4.90 Å². The maximum atomic E-state index is 12.7. The van der Waals surface area contributed by atoms with Crippen molar-refractivity contribution < 1.29 is 14.5 Å². The zero-order valence-corrected chi connectivity index (χ0v) is 17.3. The van der Waals surface area contributed by atoms with Crippen LogP contribution in [0.4, 0.5) is 0 Å². The van der Waals surface area contributed by atoms with E-state index in [4.69, 9.17) is 0 Å². The van der Waals surface area contributed by atoms with Gasteiger partial charge < -0.3 is 14.7 Å². The molecule has 29 heavy (non-hydrogen) atoms. The summed E-state index contributed by atoms with van der Waals surface area (Å²) < 4.78 is 1.15. The molecule has 0 unspecified atom stereocenters. The second kappa shape index (κ2) is 8.71. The molecule has 2 amide bonds. The van der Waals surface area contributed by atoms with Gasteiger partial charge in [0, 0.05) is 12.6 Å². The Balaban J connectivity index is 1.27. The van der Waals surface area contributed by atoms with E-state index in [-0.39, 0.29) is 11.8 Å². The molecule has 4 rings (SSSR count). The van der Waals surface area contributed by atoms with Crippen LogP contribution in [0.5, 0.6) is 0 Å². The van der Waals surface area contributed by atoms with Crippen molar-refractivity contribution in [2.45, 2.75) is 6.54 Å². The van der Waals surface area contributed by atoms with Crippen molar-refractivity contribution in [3.63, 3.8) is 0 Å². The van der Waals surface area contributed by atoms with E-state index in [0.29, 0.717) is 26.2 Å². The van der Waals surface area contributed by atoms with Gasteiger partial charge in [-0.2, -0.15) is 0 Å². The molecule has 7 heteroatoms. The van der Waals surface area contributed by atoms with Crippen LogP contribution < -0.4 is 4.90 Å². The van der Waals surface area contributed by atoms with Crippen molar-refractivity contribution in [3.8, 4) is 0 Å². The normalized spacial score (nSPS) is 14.9. The van der Waals surface area contributed by atoms with Crippen LogP contribution in [0.15, 0.2) is 54.6 Å². The van der Waals surface area contributed by atoms with E-state index in [1.807, 2.05) is 60.5 Å². The Morgan fingerprint density at radius 3 is 2.48 bits per heavy atom. The molecule has 1 saturated heterocycles. The van der Waals surface area contributed by atoms with E-state index in [2.05, 4.69) is 11.1 Å². The molecule has 150 valence electrons. The van der Waals surface area contributed by atoms with Gasteiger partial charge in [0.15, 0.2) is 6.54 Å². The number of carbonyl (C=O) groups is 2. The highest BCUT2D eigenvalue weighted by Crippen LogP contribution is 2.22. The molecular formula is C22H25N4O2S+. The summed E-state index contributed by atoms with van der Waals surface area (Å²) >= 11 is 1.63. The first kappa shape index (κ1) is 19.5. The Hall–Kier alpha value is -2.77. The molecule has 0 spiro atoms. The van der Waals surface area contributed by atoms with Crippen molar-refractivity contribution in [2.24, 2.45) is 0 Å². The highest BCUT2D eigenvalue weighted by Gasteiger charge is 2.27. The van der Waals surface area contributed by atoms with E-state index < -0.39 is 0 Å². The van der Waals surface area contributed by atoms with Crippen LogP contribution in [0.2, 0.25) is 0 Å². The Morgan fingerprint density at radius 2 is 1.76 bits per heavy atom. The zero-order chi connectivity index (χ0) is 20.2. The smallest absolute Gasteiger partial charge is 0.277 e. The molecule has 0 bridgehead atoms. The molecule has 1 aliphatic rings. The standard InChI is InChI=1S/C22H24N4O2S/c1-24(15-20-23-18-9-5-6-10-19(18)29-20)21(27)16-25-11-13-26(14-12-25)22(28)17-7-3-2-4-8-17/h2-10H,11-16H2,1H3/p+1. The van der Waals surface area contributed by atoms with Crippen molar-refractivity contribution in [1.82, 2.24) is 14.8 Å². The number of likely N-dealkylation sites (N-methyl/N-ethyl adjacent to an activating group) is 1. The number of aromatic nitrogens is 1. The molecule has 0 saturated carbocycles. The molecule has 6 nitrogen and oxygen atoms in total. The number of carbonyl (C=O) groups excluding carboxylic acids is 2. The van der Waals surface area contributed by atoms with Gasteiger partial charge in [0.1, 0.15) is 5.01 Å². The Morgan fingerprint density at radius 1 is 1.07 bits per heavy atom. The topological polar surface area (TPSA) is 58.0 Å². The van der Waals surface area contributed by atoms with Gasteiger partial charge in [-0.25, -0.2) is 4.98 Å². The summed E-state index contributed by atoms with van der Waals surface area (Å²) in [5, 5.41) is 0.954. The molecule has 1 N–H and O–H groups in total. The maximum absolute atomic E-state index is 12.7. The molecule has 0 radical (unpaired) electrons. The quantitative estimate of drug-likeness (QED) is 0.691. The number of benzene rings is 2. The van der Waals surface area contributed by atoms with Crippen LogP contribution in [0.1, 0.15) is 15.4 Å². The van der Waals surface area contributed by atoms with Crippen molar-refractivity contribution >= 4 is 33.4 Å². The summed E-state index contributed by atoms with van der Waals surface area (Å²) in [6.45, 7) is 3.92. The number of hydrogen-bond donors (Lipinski definition) is 1. The Kier molecular flexibility index (Phi) is 5.87. The summed E-state index contributed by atoms with van der Waals surface area (Å²) in [7, 11) is 1.84. The number of hydrogen-bond acceptors (Lipinski definition) is 4. The zero-order valence-electron chi connectivity index (χ0n) is 16.5. The number of nitrogens with zero attached hydrogens (tertiary/aromatic N) is 3.